The van der Waals surface area contributed by atoms with E-state index in [4.69, 9.17) is 18.6 Å². The number of carbonyl (C=O) groups excluding carboxylic acids is 2. The highest BCUT2D eigenvalue weighted by Crippen LogP contribution is 2.27. The molecule has 152 valence electrons. The Labute approximate surface area is 168 Å². The largest absolute Gasteiger partial charge is 0.497 e. The second-order valence-corrected chi connectivity index (χ2v) is 6.31. The summed E-state index contributed by atoms with van der Waals surface area (Å²) in [6.07, 6.45) is -1.02. The van der Waals surface area contributed by atoms with Crippen LogP contribution in [-0.4, -0.2) is 31.7 Å². The fraction of sp³-hybridized carbons (Fsp3) is 0.273. The number of anilines is 1. The van der Waals surface area contributed by atoms with Gasteiger partial charge in [-0.2, -0.15) is 0 Å². The maximum absolute atomic E-state index is 12.7. The lowest BCUT2D eigenvalue weighted by Crippen LogP contribution is -2.30. The van der Waals surface area contributed by atoms with Crippen molar-refractivity contribution in [1.29, 1.82) is 0 Å². The lowest BCUT2D eigenvalue weighted by molar-refractivity contribution is -0.123. The molecule has 1 aromatic heterocycles. The summed E-state index contributed by atoms with van der Waals surface area (Å²) >= 11 is 0. The molecule has 2 aromatic carbocycles. The third-order valence-electron chi connectivity index (χ3n) is 4.34. The molecule has 0 spiro atoms. The smallest absolute Gasteiger partial charge is 0.375 e. The highest BCUT2D eigenvalue weighted by atomic mass is 16.6. The van der Waals surface area contributed by atoms with Crippen LogP contribution < -0.4 is 10.1 Å². The van der Waals surface area contributed by atoms with Gasteiger partial charge in [-0.05, 0) is 44.2 Å². The van der Waals surface area contributed by atoms with Gasteiger partial charge in [-0.3, -0.25) is 4.79 Å². The quantitative estimate of drug-likeness (QED) is 0.574. The predicted molar refractivity (Wildman–Crippen MR) is 108 cm³/mol. The van der Waals surface area contributed by atoms with Crippen LogP contribution in [0.3, 0.4) is 0 Å². The zero-order valence-corrected chi connectivity index (χ0v) is 16.6. The lowest BCUT2D eigenvalue weighted by Gasteiger charge is -2.13. The molecule has 3 aromatic rings. The van der Waals surface area contributed by atoms with E-state index >= 15 is 0 Å². The number of methoxy groups -OCH3 is 1. The average molecular weight is 397 g/mol. The van der Waals surface area contributed by atoms with Gasteiger partial charge in [0.15, 0.2) is 6.10 Å². The first-order chi connectivity index (χ1) is 14.0. The minimum absolute atomic E-state index is 0.0451. The number of ether oxygens (including phenoxy) is 3. The first-order valence-electron chi connectivity index (χ1n) is 9.27. The highest BCUT2D eigenvalue weighted by Gasteiger charge is 2.26. The van der Waals surface area contributed by atoms with Gasteiger partial charge in [0.2, 0.25) is 5.76 Å². The summed E-state index contributed by atoms with van der Waals surface area (Å²) < 4.78 is 21.6. The van der Waals surface area contributed by atoms with Crippen LogP contribution >= 0.6 is 0 Å². The molecule has 7 heteroatoms. The zero-order chi connectivity index (χ0) is 20.8. The Morgan fingerprint density at radius 3 is 2.52 bits per heavy atom. The van der Waals surface area contributed by atoms with E-state index in [1.165, 1.54) is 6.92 Å². The molecule has 0 unspecified atom stereocenters. The Morgan fingerprint density at radius 2 is 1.83 bits per heavy atom. The van der Waals surface area contributed by atoms with Gasteiger partial charge in [0.05, 0.1) is 13.7 Å². The summed E-state index contributed by atoms with van der Waals surface area (Å²) in [5.41, 5.74) is 1.74. The number of fused-ring (bicyclic) bond motifs is 1. The molecule has 0 aliphatic heterocycles. The molecular weight excluding hydrogens is 374 g/mol. The fourth-order valence-corrected chi connectivity index (χ4v) is 2.80. The van der Waals surface area contributed by atoms with Crippen molar-refractivity contribution in [2.45, 2.75) is 26.6 Å². The number of amides is 1. The van der Waals surface area contributed by atoms with E-state index in [2.05, 4.69) is 5.32 Å². The molecule has 0 aliphatic rings. The fourth-order valence-electron chi connectivity index (χ4n) is 2.80. The van der Waals surface area contributed by atoms with Gasteiger partial charge >= 0.3 is 5.97 Å². The van der Waals surface area contributed by atoms with Crippen molar-refractivity contribution in [1.82, 2.24) is 0 Å². The third-order valence-corrected chi connectivity index (χ3v) is 4.34. The van der Waals surface area contributed by atoms with Gasteiger partial charge in [-0.15, -0.1) is 0 Å². The molecule has 0 radical (unpaired) electrons. The van der Waals surface area contributed by atoms with Gasteiger partial charge < -0.3 is 23.9 Å². The maximum atomic E-state index is 12.7. The van der Waals surface area contributed by atoms with E-state index in [1.54, 1.807) is 37.4 Å². The van der Waals surface area contributed by atoms with Gasteiger partial charge in [-0.1, -0.05) is 18.2 Å². The first-order valence-corrected chi connectivity index (χ1v) is 9.27. The monoisotopic (exact) mass is 397 g/mol. The second kappa shape index (κ2) is 9.25. The molecule has 0 saturated heterocycles. The molecule has 1 N–H and O–H groups in total. The van der Waals surface area contributed by atoms with E-state index in [-0.39, 0.29) is 12.4 Å². The number of benzene rings is 2. The van der Waals surface area contributed by atoms with Gasteiger partial charge in [0, 0.05) is 23.2 Å². The maximum Gasteiger partial charge on any atom is 0.375 e. The molecule has 7 nitrogen and oxygen atoms in total. The second-order valence-electron chi connectivity index (χ2n) is 6.31. The molecular formula is C22H23NO6. The van der Waals surface area contributed by atoms with Crippen molar-refractivity contribution in [2.75, 3.05) is 19.0 Å². The van der Waals surface area contributed by atoms with Crippen LogP contribution in [0.25, 0.3) is 11.0 Å². The van der Waals surface area contributed by atoms with E-state index in [9.17, 15) is 9.59 Å². The van der Waals surface area contributed by atoms with Crippen molar-refractivity contribution in [3.63, 3.8) is 0 Å². The van der Waals surface area contributed by atoms with Crippen LogP contribution in [0.2, 0.25) is 0 Å². The number of rotatable bonds is 8. The van der Waals surface area contributed by atoms with E-state index in [1.807, 2.05) is 25.1 Å². The standard InChI is InChI=1S/C22H23NO6/c1-4-27-13-18-17-7-5-6-8-19(17)29-20(18)22(25)28-14(2)21(24)23-15-9-11-16(26-3)12-10-15/h5-12,14H,4,13H2,1-3H3,(H,23,24)/t14-/m1/s1. The summed E-state index contributed by atoms with van der Waals surface area (Å²) in [6, 6.07) is 14.1. The van der Waals surface area contributed by atoms with Crippen LogP contribution in [0.4, 0.5) is 5.69 Å². The van der Waals surface area contributed by atoms with Crippen molar-refractivity contribution in [3.05, 3.63) is 59.9 Å². The van der Waals surface area contributed by atoms with Crippen molar-refractivity contribution in [2.24, 2.45) is 0 Å². The summed E-state index contributed by atoms with van der Waals surface area (Å²) in [5, 5.41) is 3.48. The van der Waals surface area contributed by atoms with Crippen LogP contribution in [0, 0.1) is 0 Å². The van der Waals surface area contributed by atoms with Gasteiger partial charge in [-0.25, -0.2) is 4.79 Å². The molecule has 29 heavy (non-hydrogen) atoms. The summed E-state index contributed by atoms with van der Waals surface area (Å²) in [6.45, 7) is 4.08. The zero-order valence-electron chi connectivity index (χ0n) is 16.6. The molecule has 0 bridgehead atoms. The van der Waals surface area contributed by atoms with Crippen molar-refractivity contribution in [3.8, 4) is 5.75 Å². The lowest BCUT2D eigenvalue weighted by atomic mass is 10.1. The predicted octanol–water partition coefficient (Wildman–Crippen LogP) is 4.16. The SMILES string of the molecule is CCOCc1c(C(=O)O[C@H](C)C(=O)Nc2ccc(OC)cc2)oc2ccccc12. The first kappa shape index (κ1) is 20.4. The topological polar surface area (TPSA) is 87.0 Å². The molecule has 0 saturated carbocycles. The third kappa shape index (κ3) is 4.75. The van der Waals surface area contributed by atoms with E-state index in [0.717, 1.165) is 5.39 Å². The summed E-state index contributed by atoms with van der Waals surface area (Å²) in [5.74, 6) is -0.447. The van der Waals surface area contributed by atoms with E-state index in [0.29, 0.717) is 29.2 Å². The molecule has 1 amide bonds. The normalized spacial score (nSPS) is 11.8. The molecule has 3 rings (SSSR count). The Balaban J connectivity index is 1.72. The van der Waals surface area contributed by atoms with Gasteiger partial charge in [0.1, 0.15) is 11.3 Å². The Bertz CT molecular complexity index is 992. The van der Waals surface area contributed by atoms with Crippen LogP contribution in [0.1, 0.15) is 30.0 Å². The van der Waals surface area contributed by atoms with Crippen LogP contribution in [0.5, 0.6) is 5.75 Å². The molecule has 1 heterocycles. The number of hydrogen-bond acceptors (Lipinski definition) is 6. The molecule has 1 atom stereocenters. The number of esters is 1. The Kier molecular flexibility index (Phi) is 6.51. The number of carbonyl (C=O) groups is 2. The van der Waals surface area contributed by atoms with Crippen LogP contribution in [-0.2, 0) is 20.9 Å². The minimum atomic E-state index is -1.02. The number of para-hydroxylation sites is 1. The molecule has 0 fully saturated rings. The summed E-state index contributed by atoms with van der Waals surface area (Å²) in [4.78, 5) is 25.1. The Hall–Kier alpha value is -3.32. The van der Waals surface area contributed by atoms with Crippen LogP contribution in [0.15, 0.2) is 52.9 Å². The highest BCUT2D eigenvalue weighted by molar-refractivity contribution is 5.99. The van der Waals surface area contributed by atoms with Gasteiger partial charge in [0.25, 0.3) is 5.91 Å². The number of nitrogens with one attached hydrogen (secondary N) is 1. The minimum Gasteiger partial charge on any atom is -0.497 e. The Morgan fingerprint density at radius 1 is 1.10 bits per heavy atom. The van der Waals surface area contributed by atoms with E-state index < -0.39 is 18.0 Å². The average Bonchev–Trinajstić information content (AvgIpc) is 3.11. The van der Waals surface area contributed by atoms with Crippen molar-refractivity contribution < 1.29 is 28.2 Å². The number of furan rings is 1. The number of hydrogen-bond donors (Lipinski definition) is 1. The summed E-state index contributed by atoms with van der Waals surface area (Å²) in [7, 11) is 1.56. The molecule has 0 aliphatic carbocycles. The van der Waals surface area contributed by atoms with Crippen molar-refractivity contribution >= 4 is 28.5 Å².